The summed E-state index contributed by atoms with van der Waals surface area (Å²) in [7, 11) is 1.81. The number of hydrogen-bond acceptors (Lipinski definition) is 5. The van der Waals surface area contributed by atoms with Crippen molar-refractivity contribution in [2.75, 3.05) is 44.7 Å². The summed E-state index contributed by atoms with van der Waals surface area (Å²) in [4.78, 5) is 13.9. The predicted octanol–water partition coefficient (Wildman–Crippen LogP) is 3.17. The molecule has 1 atom stereocenters. The van der Waals surface area contributed by atoms with Crippen LogP contribution in [0.25, 0.3) is 0 Å². The Labute approximate surface area is 179 Å². The summed E-state index contributed by atoms with van der Waals surface area (Å²) in [5.41, 5.74) is 1.15. The first-order valence-corrected chi connectivity index (χ1v) is 11.3. The van der Waals surface area contributed by atoms with E-state index in [1.807, 2.05) is 19.3 Å². The molecule has 2 fully saturated rings. The molecule has 2 N–H and O–H groups in total. The van der Waals surface area contributed by atoms with Gasteiger partial charge in [-0.15, -0.1) is 0 Å². The van der Waals surface area contributed by atoms with Crippen molar-refractivity contribution in [1.82, 2.24) is 20.5 Å². The van der Waals surface area contributed by atoms with Crippen LogP contribution in [0.1, 0.15) is 49.5 Å². The molecule has 162 valence electrons. The third-order valence-electron chi connectivity index (χ3n) is 6.09. The van der Waals surface area contributed by atoms with Gasteiger partial charge >= 0.3 is 0 Å². The number of nitrogens with one attached hydrogen (secondary N) is 2. The van der Waals surface area contributed by atoms with Crippen molar-refractivity contribution < 1.29 is 4.42 Å². The summed E-state index contributed by atoms with van der Waals surface area (Å²) < 4.78 is 5.74. The highest BCUT2D eigenvalue weighted by Crippen LogP contribution is 2.24. The Morgan fingerprint density at radius 1 is 1.07 bits per heavy atom. The number of pyridine rings is 1. The molecule has 2 saturated heterocycles. The van der Waals surface area contributed by atoms with Gasteiger partial charge in [-0.2, -0.15) is 0 Å². The molecule has 0 saturated carbocycles. The minimum Gasteiger partial charge on any atom is -0.468 e. The highest BCUT2D eigenvalue weighted by Gasteiger charge is 2.24. The first-order chi connectivity index (χ1) is 14.8. The molecule has 0 spiro atoms. The van der Waals surface area contributed by atoms with Gasteiger partial charge < -0.3 is 20.0 Å². The van der Waals surface area contributed by atoms with Crippen LogP contribution in [0.5, 0.6) is 0 Å². The SMILES string of the molecule is CN=C(NCc1ccc(N2CCCC2)nc1)NCC(c1ccco1)N1CCCCC1. The molecule has 7 heteroatoms. The number of guanidine groups is 1. The zero-order valence-electron chi connectivity index (χ0n) is 18.0. The normalized spacial score (nSPS) is 19.1. The fourth-order valence-corrected chi connectivity index (χ4v) is 4.37. The van der Waals surface area contributed by atoms with Crippen LogP contribution < -0.4 is 15.5 Å². The third-order valence-corrected chi connectivity index (χ3v) is 6.09. The highest BCUT2D eigenvalue weighted by molar-refractivity contribution is 5.79. The van der Waals surface area contributed by atoms with Crippen LogP contribution in [-0.2, 0) is 6.54 Å². The topological polar surface area (TPSA) is 68.9 Å². The van der Waals surface area contributed by atoms with Gasteiger partial charge in [0.15, 0.2) is 5.96 Å². The molecule has 4 rings (SSSR count). The van der Waals surface area contributed by atoms with Crippen LogP contribution in [0.15, 0.2) is 46.1 Å². The lowest BCUT2D eigenvalue weighted by Gasteiger charge is -2.33. The van der Waals surface area contributed by atoms with E-state index in [0.29, 0.717) is 6.54 Å². The summed E-state index contributed by atoms with van der Waals surface area (Å²) in [5.74, 6) is 2.90. The number of likely N-dealkylation sites (tertiary alicyclic amines) is 1. The smallest absolute Gasteiger partial charge is 0.191 e. The average Bonchev–Trinajstić information content (AvgIpc) is 3.52. The molecule has 7 nitrogen and oxygen atoms in total. The molecule has 2 aliphatic heterocycles. The van der Waals surface area contributed by atoms with Crippen molar-refractivity contribution in [2.45, 2.75) is 44.7 Å². The first kappa shape index (κ1) is 20.7. The van der Waals surface area contributed by atoms with Crippen molar-refractivity contribution in [3.8, 4) is 0 Å². The van der Waals surface area contributed by atoms with Gasteiger partial charge in [0.2, 0.25) is 0 Å². The molecule has 0 bridgehead atoms. The number of hydrogen-bond donors (Lipinski definition) is 2. The van der Waals surface area contributed by atoms with E-state index in [1.54, 1.807) is 6.26 Å². The van der Waals surface area contributed by atoms with E-state index in [4.69, 9.17) is 4.42 Å². The maximum Gasteiger partial charge on any atom is 0.191 e. The lowest BCUT2D eigenvalue weighted by Crippen LogP contribution is -2.44. The van der Waals surface area contributed by atoms with E-state index >= 15 is 0 Å². The summed E-state index contributed by atoms with van der Waals surface area (Å²) >= 11 is 0. The second-order valence-corrected chi connectivity index (χ2v) is 8.15. The summed E-state index contributed by atoms with van der Waals surface area (Å²) in [5, 5.41) is 6.90. The minimum atomic E-state index is 0.222. The number of aromatic nitrogens is 1. The predicted molar refractivity (Wildman–Crippen MR) is 121 cm³/mol. The summed E-state index contributed by atoms with van der Waals surface area (Å²) in [6.07, 6.45) is 10.1. The largest absolute Gasteiger partial charge is 0.468 e. The molecule has 0 amide bonds. The molecule has 1 unspecified atom stereocenters. The Morgan fingerprint density at radius 2 is 1.87 bits per heavy atom. The number of nitrogens with zero attached hydrogens (tertiary/aromatic N) is 4. The van der Waals surface area contributed by atoms with Gasteiger partial charge in [-0.05, 0) is 62.5 Å². The van der Waals surface area contributed by atoms with Crippen LogP contribution in [0.4, 0.5) is 5.82 Å². The van der Waals surface area contributed by atoms with Crippen molar-refractivity contribution >= 4 is 11.8 Å². The van der Waals surface area contributed by atoms with Crippen LogP contribution in [0, 0.1) is 0 Å². The number of anilines is 1. The van der Waals surface area contributed by atoms with Crippen LogP contribution in [0.3, 0.4) is 0 Å². The van der Waals surface area contributed by atoms with Crippen molar-refractivity contribution in [2.24, 2.45) is 4.99 Å². The van der Waals surface area contributed by atoms with Crippen LogP contribution in [-0.4, -0.2) is 55.6 Å². The molecular formula is C23H34N6O. The Kier molecular flexibility index (Phi) is 7.24. The van der Waals surface area contributed by atoms with Gasteiger partial charge in [0.25, 0.3) is 0 Å². The third kappa shape index (κ3) is 5.33. The van der Waals surface area contributed by atoms with E-state index in [0.717, 1.165) is 55.8 Å². The number of furan rings is 1. The standard InChI is InChI=1S/C23H34N6O/c1-24-23(26-17-19-9-10-22(25-16-19)29-13-5-6-14-29)27-18-20(21-8-7-15-30-21)28-11-3-2-4-12-28/h7-10,15-16,20H,2-6,11-14,17-18H2,1H3,(H2,24,26,27). The van der Waals surface area contributed by atoms with Crippen molar-refractivity contribution in [1.29, 1.82) is 0 Å². The Bertz CT molecular complexity index is 777. The average molecular weight is 411 g/mol. The van der Waals surface area contributed by atoms with Crippen molar-refractivity contribution in [3.63, 3.8) is 0 Å². The molecular weight excluding hydrogens is 376 g/mol. The molecule has 0 aliphatic carbocycles. The maximum absolute atomic E-state index is 5.74. The monoisotopic (exact) mass is 410 g/mol. The summed E-state index contributed by atoms with van der Waals surface area (Å²) in [6.45, 7) is 5.94. The van der Waals surface area contributed by atoms with Gasteiger partial charge in [-0.25, -0.2) is 4.98 Å². The molecule has 2 aromatic heterocycles. The molecule has 2 aliphatic rings. The summed E-state index contributed by atoms with van der Waals surface area (Å²) in [6, 6.07) is 8.55. The molecule has 4 heterocycles. The Balaban J connectivity index is 1.30. The second-order valence-electron chi connectivity index (χ2n) is 8.15. The van der Waals surface area contributed by atoms with Gasteiger partial charge in [-0.3, -0.25) is 9.89 Å². The quantitative estimate of drug-likeness (QED) is 0.540. The van der Waals surface area contributed by atoms with E-state index in [1.165, 1.54) is 32.1 Å². The highest BCUT2D eigenvalue weighted by atomic mass is 16.3. The second kappa shape index (κ2) is 10.5. The molecule has 0 aromatic carbocycles. The van der Waals surface area contributed by atoms with Gasteiger partial charge in [-0.1, -0.05) is 12.5 Å². The zero-order chi connectivity index (χ0) is 20.6. The Morgan fingerprint density at radius 3 is 2.53 bits per heavy atom. The molecule has 2 aromatic rings. The fourth-order valence-electron chi connectivity index (χ4n) is 4.37. The lowest BCUT2D eigenvalue weighted by molar-refractivity contribution is 0.146. The van der Waals surface area contributed by atoms with Gasteiger partial charge in [0, 0.05) is 39.4 Å². The zero-order valence-corrected chi connectivity index (χ0v) is 18.0. The van der Waals surface area contributed by atoms with Crippen molar-refractivity contribution in [3.05, 3.63) is 48.0 Å². The van der Waals surface area contributed by atoms with E-state index in [9.17, 15) is 0 Å². The van der Waals surface area contributed by atoms with Crippen LogP contribution >= 0.6 is 0 Å². The van der Waals surface area contributed by atoms with Gasteiger partial charge in [0.1, 0.15) is 11.6 Å². The number of rotatable bonds is 7. The first-order valence-electron chi connectivity index (χ1n) is 11.3. The van der Waals surface area contributed by atoms with E-state index in [-0.39, 0.29) is 6.04 Å². The lowest BCUT2D eigenvalue weighted by atomic mass is 10.1. The molecule has 0 radical (unpaired) electrons. The maximum atomic E-state index is 5.74. The van der Waals surface area contributed by atoms with Crippen LogP contribution in [0.2, 0.25) is 0 Å². The number of aliphatic imine (C=N–C) groups is 1. The van der Waals surface area contributed by atoms with Gasteiger partial charge in [0.05, 0.1) is 12.3 Å². The number of piperidine rings is 1. The molecule has 30 heavy (non-hydrogen) atoms. The van der Waals surface area contributed by atoms with E-state index in [2.05, 4.69) is 48.6 Å². The fraction of sp³-hybridized carbons (Fsp3) is 0.565. The van der Waals surface area contributed by atoms with E-state index < -0.39 is 0 Å². The Hall–Kier alpha value is -2.54. The minimum absolute atomic E-state index is 0.222.